The molecule has 1 fully saturated rings. The van der Waals surface area contributed by atoms with Crippen molar-refractivity contribution >= 4 is 7.12 Å². The monoisotopic (exact) mass is 304 g/mol. The molecule has 2 aliphatic rings. The molecule has 1 aliphatic carbocycles. The fourth-order valence-corrected chi connectivity index (χ4v) is 2.75. The molecular formula is C18H29BO3. The zero-order chi connectivity index (χ0) is 16.4. The molecule has 1 N–H and O–H groups in total. The molecular weight excluding hydrogens is 275 g/mol. The van der Waals surface area contributed by atoms with Crippen LogP contribution >= 0.6 is 0 Å². The van der Waals surface area contributed by atoms with E-state index in [4.69, 9.17) is 9.31 Å². The summed E-state index contributed by atoms with van der Waals surface area (Å²) in [6.45, 7) is 10.3. The number of rotatable bonds is 4. The molecule has 0 saturated carbocycles. The van der Waals surface area contributed by atoms with Gasteiger partial charge in [-0.15, -0.1) is 0 Å². The summed E-state index contributed by atoms with van der Waals surface area (Å²) in [4.78, 5) is 0. The lowest BCUT2D eigenvalue weighted by Gasteiger charge is -2.32. The van der Waals surface area contributed by atoms with Gasteiger partial charge in [0.05, 0.1) is 17.3 Å². The second kappa shape index (κ2) is 6.73. The first-order valence-electron chi connectivity index (χ1n) is 8.28. The highest BCUT2D eigenvalue weighted by Gasteiger charge is 2.52. The molecule has 3 nitrogen and oxygen atoms in total. The predicted octanol–water partition coefficient (Wildman–Crippen LogP) is 3.98. The van der Waals surface area contributed by atoms with Gasteiger partial charge in [0, 0.05) is 0 Å². The summed E-state index contributed by atoms with van der Waals surface area (Å²) in [5, 5.41) is 9.73. The molecule has 1 atom stereocenters. The summed E-state index contributed by atoms with van der Waals surface area (Å²) in [6, 6.07) is 0. The standard InChI is InChI=1S/C18H29BO3/c1-6-7-16(20)13-10-14-8-11-15(12-9-14)19-21-17(2,3)18(4,5)22-19/h6-7,10-11,16,20H,8-9,12-13H2,1-5H3/b7-6+,14-10+. The normalized spacial score (nSPS) is 27.5. The van der Waals surface area contributed by atoms with Gasteiger partial charge in [-0.25, -0.2) is 0 Å². The molecule has 0 aromatic heterocycles. The number of hydrogen-bond donors (Lipinski definition) is 1. The minimum absolute atomic E-state index is 0.208. The highest BCUT2D eigenvalue weighted by atomic mass is 16.7. The van der Waals surface area contributed by atoms with E-state index in [0.717, 1.165) is 19.3 Å². The molecule has 0 aromatic carbocycles. The third-order valence-electron chi connectivity index (χ3n) is 4.98. The van der Waals surface area contributed by atoms with Crippen molar-refractivity contribution in [3.8, 4) is 0 Å². The van der Waals surface area contributed by atoms with Crippen LogP contribution in [0.1, 0.15) is 60.3 Å². The van der Waals surface area contributed by atoms with Gasteiger partial charge < -0.3 is 14.4 Å². The van der Waals surface area contributed by atoms with E-state index in [1.807, 2.05) is 19.1 Å². The van der Waals surface area contributed by atoms with E-state index in [9.17, 15) is 5.11 Å². The first-order valence-corrected chi connectivity index (χ1v) is 8.28. The van der Waals surface area contributed by atoms with Crippen molar-refractivity contribution in [3.63, 3.8) is 0 Å². The van der Waals surface area contributed by atoms with Gasteiger partial charge in [-0.05, 0) is 65.8 Å². The molecule has 0 radical (unpaired) electrons. The molecule has 0 bridgehead atoms. The van der Waals surface area contributed by atoms with Crippen molar-refractivity contribution in [2.24, 2.45) is 0 Å². The minimum Gasteiger partial charge on any atom is -0.400 e. The van der Waals surface area contributed by atoms with E-state index in [1.54, 1.807) is 0 Å². The van der Waals surface area contributed by atoms with E-state index in [-0.39, 0.29) is 24.4 Å². The van der Waals surface area contributed by atoms with Crippen LogP contribution in [0, 0.1) is 0 Å². The second-order valence-electron chi connectivity index (χ2n) is 7.26. The van der Waals surface area contributed by atoms with Gasteiger partial charge in [-0.1, -0.05) is 29.9 Å². The van der Waals surface area contributed by atoms with E-state index in [0.29, 0.717) is 6.42 Å². The number of aliphatic hydroxyl groups is 1. The molecule has 22 heavy (non-hydrogen) atoms. The summed E-state index contributed by atoms with van der Waals surface area (Å²) in [5.74, 6) is 0. The Morgan fingerprint density at radius 1 is 1.23 bits per heavy atom. The summed E-state index contributed by atoms with van der Waals surface area (Å²) >= 11 is 0. The maximum Gasteiger partial charge on any atom is 0.490 e. The summed E-state index contributed by atoms with van der Waals surface area (Å²) < 4.78 is 12.2. The molecule has 1 aliphatic heterocycles. The summed E-state index contributed by atoms with van der Waals surface area (Å²) in [5.41, 5.74) is 2.10. The Morgan fingerprint density at radius 3 is 2.36 bits per heavy atom. The van der Waals surface area contributed by atoms with Gasteiger partial charge in [0.1, 0.15) is 0 Å². The van der Waals surface area contributed by atoms with Crippen molar-refractivity contribution in [1.29, 1.82) is 0 Å². The molecule has 1 saturated heterocycles. The molecule has 0 spiro atoms. The van der Waals surface area contributed by atoms with Gasteiger partial charge in [0.2, 0.25) is 0 Å². The molecule has 4 heteroatoms. The lowest BCUT2D eigenvalue weighted by molar-refractivity contribution is 0.00578. The topological polar surface area (TPSA) is 38.7 Å². The highest BCUT2D eigenvalue weighted by Crippen LogP contribution is 2.40. The van der Waals surface area contributed by atoms with E-state index < -0.39 is 0 Å². The molecule has 2 rings (SSSR count). The average Bonchev–Trinajstić information content (AvgIpc) is 2.66. The average molecular weight is 304 g/mol. The van der Waals surface area contributed by atoms with E-state index >= 15 is 0 Å². The number of allylic oxidation sites excluding steroid dienone is 4. The van der Waals surface area contributed by atoms with Crippen LogP contribution in [0.2, 0.25) is 0 Å². The maximum atomic E-state index is 9.73. The number of aliphatic hydroxyl groups excluding tert-OH is 1. The Labute approximate surface area is 135 Å². The van der Waals surface area contributed by atoms with Gasteiger partial charge >= 0.3 is 7.12 Å². The van der Waals surface area contributed by atoms with Gasteiger partial charge in [0.25, 0.3) is 0 Å². The molecule has 0 amide bonds. The first kappa shape index (κ1) is 17.5. The molecule has 122 valence electrons. The van der Waals surface area contributed by atoms with Crippen LogP contribution in [0.4, 0.5) is 0 Å². The lowest BCUT2D eigenvalue weighted by atomic mass is 9.71. The smallest absolute Gasteiger partial charge is 0.400 e. The third kappa shape index (κ3) is 3.92. The van der Waals surface area contributed by atoms with Crippen molar-refractivity contribution in [1.82, 2.24) is 0 Å². The predicted molar refractivity (Wildman–Crippen MR) is 91.5 cm³/mol. The van der Waals surface area contributed by atoms with E-state index in [2.05, 4.69) is 39.8 Å². The van der Waals surface area contributed by atoms with Crippen LogP contribution in [0.15, 0.2) is 35.3 Å². The zero-order valence-corrected chi connectivity index (χ0v) is 14.6. The fraction of sp³-hybridized carbons (Fsp3) is 0.667. The van der Waals surface area contributed by atoms with Crippen molar-refractivity contribution < 1.29 is 14.4 Å². The zero-order valence-electron chi connectivity index (χ0n) is 14.6. The van der Waals surface area contributed by atoms with Crippen LogP contribution in [0.25, 0.3) is 0 Å². The van der Waals surface area contributed by atoms with Crippen LogP contribution in [-0.2, 0) is 9.31 Å². The van der Waals surface area contributed by atoms with Crippen LogP contribution < -0.4 is 0 Å². The van der Waals surface area contributed by atoms with Crippen LogP contribution in [0.3, 0.4) is 0 Å². The van der Waals surface area contributed by atoms with Gasteiger partial charge in [-0.3, -0.25) is 0 Å². The lowest BCUT2D eigenvalue weighted by Crippen LogP contribution is -2.41. The highest BCUT2D eigenvalue weighted by molar-refractivity contribution is 6.54. The summed E-state index contributed by atoms with van der Waals surface area (Å²) in [6.07, 6.45) is 11.4. The number of hydrogen-bond acceptors (Lipinski definition) is 3. The Balaban J connectivity index is 1.94. The third-order valence-corrected chi connectivity index (χ3v) is 4.98. The SMILES string of the molecule is C/C=C/C(O)C/C=C1\CC=C(B2OC(C)(C)C(C)(C)O2)CC1. The van der Waals surface area contributed by atoms with Crippen molar-refractivity contribution in [2.75, 3.05) is 0 Å². The molecule has 1 heterocycles. The Bertz CT molecular complexity index is 473. The Morgan fingerprint density at radius 2 is 1.86 bits per heavy atom. The van der Waals surface area contributed by atoms with E-state index in [1.165, 1.54) is 11.0 Å². The fourth-order valence-electron chi connectivity index (χ4n) is 2.75. The molecule has 0 aromatic rings. The van der Waals surface area contributed by atoms with Gasteiger partial charge in [-0.2, -0.15) is 0 Å². The molecule has 1 unspecified atom stereocenters. The van der Waals surface area contributed by atoms with Crippen LogP contribution in [0.5, 0.6) is 0 Å². The Kier molecular flexibility index (Phi) is 5.36. The largest absolute Gasteiger partial charge is 0.490 e. The van der Waals surface area contributed by atoms with Crippen molar-refractivity contribution in [2.45, 2.75) is 77.6 Å². The first-order chi connectivity index (χ1) is 10.2. The van der Waals surface area contributed by atoms with Crippen LogP contribution in [-0.4, -0.2) is 29.5 Å². The second-order valence-corrected chi connectivity index (χ2v) is 7.26. The quantitative estimate of drug-likeness (QED) is 0.630. The Hall–Kier alpha value is -0.835. The van der Waals surface area contributed by atoms with Crippen molar-refractivity contribution in [3.05, 3.63) is 35.3 Å². The summed E-state index contributed by atoms with van der Waals surface area (Å²) in [7, 11) is -0.208. The van der Waals surface area contributed by atoms with Gasteiger partial charge in [0.15, 0.2) is 0 Å². The maximum absolute atomic E-state index is 9.73. The minimum atomic E-state index is -0.369.